The number of nitrogens with zero attached hydrogens (tertiary/aromatic N) is 4. The zero-order valence-electron chi connectivity index (χ0n) is 17.8. The van der Waals surface area contributed by atoms with E-state index in [1.807, 2.05) is 32.9 Å². The number of hydrogen-bond acceptors (Lipinski definition) is 8. The molecule has 164 valence electrons. The number of aldehydes is 1. The van der Waals surface area contributed by atoms with Crippen molar-refractivity contribution < 1.29 is 23.0 Å². The maximum atomic E-state index is 13.9. The molecule has 32 heavy (non-hydrogen) atoms. The molecule has 0 saturated heterocycles. The summed E-state index contributed by atoms with van der Waals surface area (Å²) in [6.45, 7) is 5.89. The summed E-state index contributed by atoms with van der Waals surface area (Å²) >= 11 is 0. The van der Waals surface area contributed by atoms with Crippen molar-refractivity contribution in [3.8, 4) is 28.5 Å². The fourth-order valence-electron chi connectivity index (χ4n) is 2.99. The zero-order valence-corrected chi connectivity index (χ0v) is 17.8. The smallest absolute Gasteiger partial charge is 0.268 e. The van der Waals surface area contributed by atoms with Gasteiger partial charge in [-0.25, -0.2) is 4.39 Å². The van der Waals surface area contributed by atoms with Gasteiger partial charge in [0.2, 0.25) is 17.5 Å². The largest absolute Gasteiger partial charge is 0.481 e. The fraction of sp³-hybridized carbons (Fsp3) is 0.261. The Morgan fingerprint density at radius 2 is 1.59 bits per heavy atom. The first kappa shape index (κ1) is 21.4. The number of ether oxygens (including phenoxy) is 1. The molecule has 0 N–H and O–H groups in total. The van der Waals surface area contributed by atoms with E-state index in [0.29, 0.717) is 35.7 Å². The molecule has 0 bridgehead atoms. The van der Waals surface area contributed by atoms with Crippen molar-refractivity contribution in [1.29, 1.82) is 0 Å². The number of rotatable bonds is 8. The Bertz CT molecular complexity index is 1220. The molecule has 0 amide bonds. The van der Waals surface area contributed by atoms with Crippen molar-refractivity contribution in [3.63, 3.8) is 0 Å². The first-order valence-electron chi connectivity index (χ1n) is 10.2. The van der Waals surface area contributed by atoms with E-state index in [1.165, 1.54) is 12.1 Å². The lowest BCUT2D eigenvalue weighted by atomic mass is 10.1. The Labute approximate surface area is 183 Å². The van der Waals surface area contributed by atoms with E-state index < -0.39 is 11.9 Å². The highest BCUT2D eigenvalue weighted by molar-refractivity contribution is 5.76. The average Bonchev–Trinajstić information content (AvgIpc) is 3.48. The molecule has 2 heterocycles. The van der Waals surface area contributed by atoms with Crippen molar-refractivity contribution in [2.24, 2.45) is 0 Å². The van der Waals surface area contributed by atoms with Crippen LogP contribution < -0.4 is 4.74 Å². The highest BCUT2D eigenvalue weighted by atomic mass is 19.1. The number of carbonyl (C=O) groups excluding carboxylic acids is 1. The quantitative estimate of drug-likeness (QED) is 0.339. The van der Waals surface area contributed by atoms with Gasteiger partial charge in [-0.05, 0) is 42.8 Å². The maximum absolute atomic E-state index is 13.9. The van der Waals surface area contributed by atoms with Crippen LogP contribution in [0.5, 0.6) is 5.75 Å². The van der Waals surface area contributed by atoms with Crippen LogP contribution in [0.3, 0.4) is 0 Å². The van der Waals surface area contributed by atoms with E-state index in [0.717, 1.165) is 5.56 Å². The van der Waals surface area contributed by atoms with Gasteiger partial charge in [0.1, 0.15) is 11.6 Å². The number of carbonyl (C=O) groups is 1. The SMILES string of the molecule is CCC(Oc1ccc(-c2noc(C(C)C)n2)cc1)c1nc(-c2ccc(C=O)c(F)c2)no1. The van der Waals surface area contributed by atoms with Crippen LogP contribution in [-0.4, -0.2) is 26.6 Å². The maximum Gasteiger partial charge on any atom is 0.268 e. The molecule has 2 aromatic carbocycles. The number of halogens is 1. The molecule has 1 atom stereocenters. The van der Waals surface area contributed by atoms with Crippen molar-refractivity contribution in [2.45, 2.75) is 39.2 Å². The van der Waals surface area contributed by atoms with E-state index in [-0.39, 0.29) is 23.2 Å². The lowest BCUT2D eigenvalue weighted by Crippen LogP contribution is -2.07. The topological polar surface area (TPSA) is 104 Å². The van der Waals surface area contributed by atoms with Crippen molar-refractivity contribution in [1.82, 2.24) is 20.3 Å². The second-order valence-electron chi connectivity index (χ2n) is 7.46. The van der Waals surface area contributed by atoms with Crippen molar-refractivity contribution in [3.05, 3.63) is 65.6 Å². The van der Waals surface area contributed by atoms with E-state index in [4.69, 9.17) is 13.8 Å². The molecule has 0 saturated carbocycles. The molecule has 0 radical (unpaired) electrons. The molecule has 0 aliphatic rings. The van der Waals surface area contributed by atoms with Gasteiger partial charge in [0.25, 0.3) is 5.89 Å². The zero-order chi connectivity index (χ0) is 22.7. The number of hydrogen-bond donors (Lipinski definition) is 0. The van der Waals surface area contributed by atoms with E-state index in [9.17, 15) is 9.18 Å². The van der Waals surface area contributed by atoms with Crippen LogP contribution in [0.25, 0.3) is 22.8 Å². The highest BCUT2D eigenvalue weighted by Gasteiger charge is 2.21. The third-order valence-corrected chi connectivity index (χ3v) is 4.80. The predicted molar refractivity (Wildman–Crippen MR) is 113 cm³/mol. The summed E-state index contributed by atoms with van der Waals surface area (Å²) < 4.78 is 30.5. The molecule has 0 aliphatic heterocycles. The van der Waals surface area contributed by atoms with Gasteiger partial charge in [-0.3, -0.25) is 4.79 Å². The van der Waals surface area contributed by atoms with Gasteiger partial charge in [0.05, 0.1) is 5.56 Å². The van der Waals surface area contributed by atoms with Gasteiger partial charge >= 0.3 is 0 Å². The summed E-state index contributed by atoms with van der Waals surface area (Å²) in [5, 5.41) is 7.92. The molecule has 0 aliphatic carbocycles. The minimum Gasteiger partial charge on any atom is -0.481 e. The van der Waals surface area contributed by atoms with E-state index in [2.05, 4.69) is 20.3 Å². The third-order valence-electron chi connectivity index (χ3n) is 4.80. The van der Waals surface area contributed by atoms with Crippen LogP contribution in [0.1, 0.15) is 61.4 Å². The van der Waals surface area contributed by atoms with Gasteiger partial charge in [0, 0.05) is 17.0 Å². The summed E-state index contributed by atoms with van der Waals surface area (Å²) in [5.41, 5.74) is 1.18. The third kappa shape index (κ3) is 4.41. The number of benzene rings is 2. The second-order valence-corrected chi connectivity index (χ2v) is 7.46. The number of aromatic nitrogens is 4. The van der Waals surface area contributed by atoms with Gasteiger partial charge in [-0.1, -0.05) is 37.2 Å². The molecule has 8 nitrogen and oxygen atoms in total. The van der Waals surface area contributed by atoms with E-state index in [1.54, 1.807) is 18.2 Å². The Morgan fingerprint density at radius 3 is 2.19 bits per heavy atom. The molecular weight excluding hydrogens is 415 g/mol. The summed E-state index contributed by atoms with van der Waals surface area (Å²) in [5.74, 6) is 1.70. The molecule has 9 heteroatoms. The van der Waals surface area contributed by atoms with Crippen LogP contribution in [0.4, 0.5) is 4.39 Å². The van der Waals surface area contributed by atoms with Crippen LogP contribution in [0, 0.1) is 5.82 Å². The minimum atomic E-state index is -0.644. The van der Waals surface area contributed by atoms with Crippen LogP contribution in [0.15, 0.2) is 51.5 Å². The van der Waals surface area contributed by atoms with E-state index >= 15 is 0 Å². The minimum absolute atomic E-state index is 0.0306. The standard InChI is InChI=1S/C23H21FN4O4/c1-4-19(23-26-21(28-32-23)15-5-6-16(12-29)18(24)11-15)30-17-9-7-14(8-10-17)20-25-22(13(2)3)31-27-20/h5-13,19H,4H2,1-3H3. The molecule has 0 spiro atoms. The van der Waals surface area contributed by atoms with Crippen molar-refractivity contribution >= 4 is 6.29 Å². The van der Waals surface area contributed by atoms with Crippen LogP contribution >= 0.6 is 0 Å². The summed E-state index contributed by atoms with van der Waals surface area (Å²) in [4.78, 5) is 19.5. The van der Waals surface area contributed by atoms with Gasteiger partial charge in [-0.2, -0.15) is 9.97 Å². The molecule has 4 aromatic rings. The van der Waals surface area contributed by atoms with Crippen LogP contribution in [-0.2, 0) is 0 Å². The molecule has 4 rings (SSSR count). The first-order chi connectivity index (χ1) is 15.5. The Balaban J connectivity index is 1.49. The predicted octanol–water partition coefficient (Wildman–Crippen LogP) is 5.39. The first-order valence-corrected chi connectivity index (χ1v) is 10.2. The fourth-order valence-corrected chi connectivity index (χ4v) is 2.99. The Morgan fingerprint density at radius 1 is 0.969 bits per heavy atom. The lowest BCUT2D eigenvalue weighted by molar-refractivity contribution is 0.112. The normalized spacial score (nSPS) is 12.2. The second kappa shape index (κ2) is 9.09. The molecular formula is C23H21FN4O4. The van der Waals surface area contributed by atoms with Gasteiger partial charge in [-0.15, -0.1) is 0 Å². The lowest BCUT2D eigenvalue weighted by Gasteiger charge is -2.13. The van der Waals surface area contributed by atoms with Gasteiger partial charge in [0.15, 0.2) is 12.4 Å². The average molecular weight is 436 g/mol. The Kier molecular flexibility index (Phi) is 6.07. The summed E-state index contributed by atoms with van der Waals surface area (Å²) in [6, 6.07) is 11.4. The summed E-state index contributed by atoms with van der Waals surface area (Å²) in [7, 11) is 0. The monoisotopic (exact) mass is 436 g/mol. The molecule has 1 unspecified atom stereocenters. The molecule has 0 fully saturated rings. The molecule has 2 aromatic heterocycles. The van der Waals surface area contributed by atoms with Crippen molar-refractivity contribution in [2.75, 3.05) is 0 Å². The van der Waals surface area contributed by atoms with Gasteiger partial charge < -0.3 is 13.8 Å². The highest BCUT2D eigenvalue weighted by Crippen LogP contribution is 2.28. The van der Waals surface area contributed by atoms with Crippen LogP contribution in [0.2, 0.25) is 0 Å². The Hall–Kier alpha value is -3.88. The summed E-state index contributed by atoms with van der Waals surface area (Å²) in [6.07, 6.45) is 0.540.